The zero-order valence-electron chi connectivity index (χ0n) is 14.3. The Morgan fingerprint density at radius 2 is 1.68 bits per heavy atom. The zero-order valence-corrected chi connectivity index (χ0v) is 14.3. The van der Waals surface area contributed by atoms with Crippen molar-refractivity contribution in [2.75, 3.05) is 10.6 Å². The maximum Gasteiger partial charge on any atom is 0.229 e. The third-order valence-corrected chi connectivity index (χ3v) is 4.74. The van der Waals surface area contributed by atoms with Gasteiger partial charge in [-0.2, -0.15) is 4.98 Å². The standard InChI is InChI=1S/C20H23N5/c1-2-4-10-16(9-3-1)23-18-12-14-22-20(25-18)24-17-11-5-7-15-8-6-13-21-19(15)17/h5-8,11-14,16H,1-4,9-10H2,(H2,22,23,24,25). The first-order valence-electron chi connectivity index (χ1n) is 9.09. The number of aromatic nitrogens is 3. The Labute approximate surface area is 147 Å². The highest BCUT2D eigenvalue weighted by molar-refractivity contribution is 5.91. The van der Waals surface area contributed by atoms with Crippen molar-refractivity contribution in [1.82, 2.24) is 15.0 Å². The number of hydrogen-bond donors (Lipinski definition) is 2. The van der Waals surface area contributed by atoms with Gasteiger partial charge in [-0.25, -0.2) is 4.98 Å². The summed E-state index contributed by atoms with van der Waals surface area (Å²) in [5.74, 6) is 1.48. The number of para-hydroxylation sites is 1. The number of nitrogens with zero attached hydrogens (tertiary/aromatic N) is 3. The molecule has 0 amide bonds. The smallest absolute Gasteiger partial charge is 0.229 e. The summed E-state index contributed by atoms with van der Waals surface area (Å²) in [7, 11) is 0. The minimum Gasteiger partial charge on any atom is -0.367 e. The molecule has 2 aromatic heterocycles. The number of nitrogens with one attached hydrogen (secondary N) is 2. The van der Waals surface area contributed by atoms with E-state index in [1.54, 1.807) is 12.4 Å². The van der Waals surface area contributed by atoms with E-state index in [1.165, 1.54) is 38.5 Å². The van der Waals surface area contributed by atoms with E-state index in [2.05, 4.69) is 37.7 Å². The molecule has 4 rings (SSSR count). The summed E-state index contributed by atoms with van der Waals surface area (Å²) in [4.78, 5) is 13.5. The Hall–Kier alpha value is -2.69. The van der Waals surface area contributed by atoms with E-state index < -0.39 is 0 Å². The molecule has 0 atom stereocenters. The molecule has 1 saturated carbocycles. The first-order chi connectivity index (χ1) is 12.4. The lowest BCUT2D eigenvalue weighted by Crippen LogP contribution is -2.19. The van der Waals surface area contributed by atoms with Crippen LogP contribution >= 0.6 is 0 Å². The Morgan fingerprint density at radius 3 is 2.56 bits per heavy atom. The van der Waals surface area contributed by atoms with Crippen molar-refractivity contribution in [3.8, 4) is 0 Å². The van der Waals surface area contributed by atoms with Gasteiger partial charge in [0, 0.05) is 23.8 Å². The van der Waals surface area contributed by atoms with Gasteiger partial charge in [-0.1, -0.05) is 43.9 Å². The van der Waals surface area contributed by atoms with Crippen LogP contribution in [0.3, 0.4) is 0 Å². The first kappa shape index (κ1) is 15.8. The molecular weight excluding hydrogens is 310 g/mol. The van der Waals surface area contributed by atoms with Crippen molar-refractivity contribution < 1.29 is 0 Å². The van der Waals surface area contributed by atoms with E-state index in [-0.39, 0.29) is 0 Å². The predicted molar refractivity (Wildman–Crippen MR) is 102 cm³/mol. The van der Waals surface area contributed by atoms with Gasteiger partial charge in [0.15, 0.2) is 0 Å². The summed E-state index contributed by atoms with van der Waals surface area (Å²) in [6.07, 6.45) is 11.3. The molecule has 0 aliphatic heterocycles. The SMILES string of the molecule is c1cnc2c(Nc3nccc(NC4CCCCCC4)n3)cccc2c1. The second-order valence-corrected chi connectivity index (χ2v) is 6.60. The first-order valence-corrected chi connectivity index (χ1v) is 9.09. The lowest BCUT2D eigenvalue weighted by Gasteiger charge is -2.17. The summed E-state index contributed by atoms with van der Waals surface area (Å²) in [5, 5.41) is 7.99. The monoisotopic (exact) mass is 333 g/mol. The number of pyridine rings is 1. The maximum absolute atomic E-state index is 4.64. The van der Waals surface area contributed by atoms with Crippen molar-refractivity contribution in [3.05, 3.63) is 48.8 Å². The van der Waals surface area contributed by atoms with Crippen molar-refractivity contribution in [3.63, 3.8) is 0 Å². The quantitative estimate of drug-likeness (QED) is 0.665. The summed E-state index contributed by atoms with van der Waals surface area (Å²) >= 11 is 0. The number of benzene rings is 1. The topological polar surface area (TPSA) is 62.7 Å². The van der Waals surface area contributed by atoms with Crippen LogP contribution in [0.2, 0.25) is 0 Å². The Kier molecular flexibility index (Phi) is 4.72. The molecule has 1 aliphatic rings. The van der Waals surface area contributed by atoms with Crippen LogP contribution in [0.25, 0.3) is 10.9 Å². The fourth-order valence-corrected chi connectivity index (χ4v) is 3.46. The Bertz CT molecular complexity index is 835. The van der Waals surface area contributed by atoms with Gasteiger partial charge in [0.1, 0.15) is 5.82 Å². The van der Waals surface area contributed by atoms with Crippen molar-refractivity contribution in [2.45, 2.75) is 44.6 Å². The molecule has 2 heterocycles. The number of rotatable bonds is 4. The second-order valence-electron chi connectivity index (χ2n) is 6.60. The Morgan fingerprint density at radius 1 is 0.840 bits per heavy atom. The van der Waals surface area contributed by atoms with E-state index in [0.29, 0.717) is 12.0 Å². The van der Waals surface area contributed by atoms with Gasteiger partial charge in [-0.15, -0.1) is 0 Å². The molecule has 1 aromatic carbocycles. The summed E-state index contributed by atoms with van der Waals surface area (Å²) < 4.78 is 0. The van der Waals surface area contributed by atoms with Crippen LogP contribution in [-0.2, 0) is 0 Å². The lowest BCUT2D eigenvalue weighted by molar-refractivity contribution is 0.617. The summed E-state index contributed by atoms with van der Waals surface area (Å²) in [6.45, 7) is 0. The van der Waals surface area contributed by atoms with Crippen molar-refractivity contribution >= 4 is 28.4 Å². The fourth-order valence-electron chi connectivity index (χ4n) is 3.46. The van der Waals surface area contributed by atoms with Crippen LogP contribution in [0.5, 0.6) is 0 Å². The molecule has 0 radical (unpaired) electrons. The molecule has 0 saturated heterocycles. The van der Waals surface area contributed by atoms with E-state index >= 15 is 0 Å². The van der Waals surface area contributed by atoms with Gasteiger partial charge in [-0.05, 0) is 31.0 Å². The van der Waals surface area contributed by atoms with E-state index in [1.807, 2.05) is 24.3 Å². The number of hydrogen-bond acceptors (Lipinski definition) is 5. The zero-order chi connectivity index (χ0) is 16.9. The molecule has 1 fully saturated rings. The summed E-state index contributed by atoms with van der Waals surface area (Å²) in [5.41, 5.74) is 1.85. The van der Waals surface area contributed by atoms with Crippen LogP contribution in [0.15, 0.2) is 48.8 Å². The minimum absolute atomic E-state index is 0.518. The fraction of sp³-hybridized carbons (Fsp3) is 0.350. The average molecular weight is 333 g/mol. The van der Waals surface area contributed by atoms with Crippen LogP contribution in [-0.4, -0.2) is 21.0 Å². The van der Waals surface area contributed by atoms with Gasteiger partial charge in [0.2, 0.25) is 5.95 Å². The average Bonchev–Trinajstić information content (AvgIpc) is 2.91. The molecule has 0 spiro atoms. The van der Waals surface area contributed by atoms with Crippen molar-refractivity contribution in [1.29, 1.82) is 0 Å². The van der Waals surface area contributed by atoms with Crippen LogP contribution in [0, 0.1) is 0 Å². The van der Waals surface area contributed by atoms with Crippen LogP contribution in [0.1, 0.15) is 38.5 Å². The second kappa shape index (κ2) is 7.47. The highest BCUT2D eigenvalue weighted by atomic mass is 15.1. The van der Waals surface area contributed by atoms with Crippen molar-refractivity contribution in [2.24, 2.45) is 0 Å². The molecule has 25 heavy (non-hydrogen) atoms. The molecule has 5 heteroatoms. The third-order valence-electron chi connectivity index (χ3n) is 4.74. The van der Waals surface area contributed by atoms with Gasteiger partial charge in [0.25, 0.3) is 0 Å². The molecule has 3 aromatic rings. The molecule has 0 unspecified atom stereocenters. The largest absolute Gasteiger partial charge is 0.367 e. The Balaban J connectivity index is 1.53. The van der Waals surface area contributed by atoms with E-state index in [9.17, 15) is 0 Å². The molecule has 1 aliphatic carbocycles. The van der Waals surface area contributed by atoms with E-state index in [0.717, 1.165) is 22.4 Å². The van der Waals surface area contributed by atoms with Gasteiger partial charge in [-0.3, -0.25) is 4.98 Å². The highest BCUT2D eigenvalue weighted by Gasteiger charge is 2.13. The molecule has 5 nitrogen and oxygen atoms in total. The van der Waals surface area contributed by atoms with Crippen LogP contribution < -0.4 is 10.6 Å². The summed E-state index contributed by atoms with van der Waals surface area (Å²) in [6, 6.07) is 12.5. The predicted octanol–water partition coefficient (Wildman–Crippen LogP) is 4.90. The molecule has 0 bridgehead atoms. The molecular formula is C20H23N5. The molecule has 2 N–H and O–H groups in total. The maximum atomic E-state index is 4.64. The third kappa shape index (κ3) is 3.87. The lowest BCUT2D eigenvalue weighted by atomic mass is 10.1. The van der Waals surface area contributed by atoms with E-state index in [4.69, 9.17) is 0 Å². The van der Waals surface area contributed by atoms with Gasteiger partial charge < -0.3 is 10.6 Å². The van der Waals surface area contributed by atoms with Gasteiger partial charge >= 0.3 is 0 Å². The number of anilines is 3. The normalized spacial score (nSPS) is 15.7. The highest BCUT2D eigenvalue weighted by Crippen LogP contribution is 2.24. The van der Waals surface area contributed by atoms with Crippen LogP contribution in [0.4, 0.5) is 17.5 Å². The molecule has 128 valence electrons. The number of fused-ring (bicyclic) bond motifs is 1. The van der Waals surface area contributed by atoms with Gasteiger partial charge in [0.05, 0.1) is 11.2 Å². The minimum atomic E-state index is 0.518.